The first-order valence-corrected chi connectivity index (χ1v) is 10.4. The summed E-state index contributed by atoms with van der Waals surface area (Å²) >= 11 is 5.89. The quantitative estimate of drug-likeness (QED) is 0.652. The van der Waals surface area contributed by atoms with Gasteiger partial charge in [-0.15, -0.1) is 0 Å². The van der Waals surface area contributed by atoms with Crippen LogP contribution >= 0.6 is 11.6 Å². The summed E-state index contributed by atoms with van der Waals surface area (Å²) in [5.41, 5.74) is 4.58. The number of fused-ring (bicyclic) bond motifs is 1. The van der Waals surface area contributed by atoms with Crippen molar-refractivity contribution in [1.82, 2.24) is 4.57 Å². The Labute approximate surface area is 174 Å². The number of nitrogens with one attached hydrogen (secondary N) is 1. The molecule has 0 radical (unpaired) electrons. The number of benzene rings is 2. The van der Waals surface area contributed by atoms with E-state index in [-0.39, 0.29) is 17.2 Å². The average molecular weight is 405 g/mol. The van der Waals surface area contributed by atoms with E-state index in [4.69, 9.17) is 11.6 Å². The number of amides is 1. The molecule has 29 heavy (non-hydrogen) atoms. The average Bonchev–Trinajstić information content (AvgIpc) is 3.48. The molecule has 4 nitrogen and oxygen atoms in total. The van der Waals surface area contributed by atoms with Gasteiger partial charge in [0.1, 0.15) is 5.56 Å². The number of rotatable bonds is 4. The van der Waals surface area contributed by atoms with Gasteiger partial charge in [0, 0.05) is 16.9 Å². The highest BCUT2D eigenvalue weighted by Crippen LogP contribution is 2.46. The second-order valence-electron chi connectivity index (χ2n) is 7.84. The van der Waals surface area contributed by atoms with E-state index in [9.17, 15) is 9.59 Å². The molecular weight excluding hydrogens is 384 g/mol. The van der Waals surface area contributed by atoms with E-state index < -0.39 is 5.91 Å². The second-order valence-corrected chi connectivity index (χ2v) is 8.28. The van der Waals surface area contributed by atoms with Gasteiger partial charge >= 0.3 is 0 Å². The minimum atomic E-state index is -0.406. The summed E-state index contributed by atoms with van der Waals surface area (Å²) in [7, 11) is 0. The first-order valence-electron chi connectivity index (χ1n) is 10.0. The van der Waals surface area contributed by atoms with Crippen molar-refractivity contribution in [1.29, 1.82) is 0 Å². The van der Waals surface area contributed by atoms with Crippen molar-refractivity contribution in [3.63, 3.8) is 0 Å². The third kappa shape index (κ3) is 3.38. The Bertz CT molecular complexity index is 1150. The van der Waals surface area contributed by atoms with Gasteiger partial charge in [-0.3, -0.25) is 9.59 Å². The van der Waals surface area contributed by atoms with Gasteiger partial charge < -0.3 is 9.88 Å². The number of aromatic nitrogens is 1. The molecule has 0 spiro atoms. The van der Waals surface area contributed by atoms with Crippen LogP contribution in [0.2, 0.25) is 5.02 Å². The molecular formula is C24H21ClN2O2. The molecule has 2 aliphatic rings. The fraction of sp³-hybridized carbons (Fsp3) is 0.250. The summed E-state index contributed by atoms with van der Waals surface area (Å²) in [5, 5.41) is 3.38. The Morgan fingerprint density at radius 2 is 1.72 bits per heavy atom. The van der Waals surface area contributed by atoms with Crippen LogP contribution in [0.4, 0.5) is 5.69 Å². The molecule has 1 heterocycles. The highest BCUT2D eigenvalue weighted by molar-refractivity contribution is 6.30. The van der Waals surface area contributed by atoms with Crippen molar-refractivity contribution in [3.8, 4) is 0 Å². The van der Waals surface area contributed by atoms with E-state index in [1.807, 2.05) is 0 Å². The third-order valence-electron chi connectivity index (χ3n) is 5.95. The molecule has 1 atom stereocenters. The maximum absolute atomic E-state index is 13.2. The largest absolute Gasteiger partial charge is 0.322 e. The van der Waals surface area contributed by atoms with Crippen molar-refractivity contribution < 1.29 is 4.79 Å². The molecule has 1 amide bonds. The fourth-order valence-corrected chi connectivity index (χ4v) is 4.51. The summed E-state index contributed by atoms with van der Waals surface area (Å²) in [6.45, 7) is 0. The van der Waals surface area contributed by atoms with Crippen LogP contribution < -0.4 is 10.9 Å². The topological polar surface area (TPSA) is 51.1 Å². The lowest BCUT2D eigenvalue weighted by atomic mass is 9.99. The SMILES string of the molecule is O=C(Nc1ccc(Cl)cc1)c1cccn(C2CCc3c(C4CC4)cccc32)c1=O. The van der Waals surface area contributed by atoms with E-state index in [1.54, 1.807) is 47.2 Å². The van der Waals surface area contributed by atoms with Crippen molar-refractivity contribution in [2.75, 3.05) is 5.32 Å². The zero-order valence-corrected chi connectivity index (χ0v) is 16.7. The Balaban J connectivity index is 1.46. The number of nitrogens with zero attached hydrogens (tertiary/aromatic N) is 1. The van der Waals surface area contributed by atoms with Gasteiger partial charge in [-0.2, -0.15) is 0 Å². The Morgan fingerprint density at radius 3 is 2.48 bits per heavy atom. The lowest BCUT2D eigenvalue weighted by molar-refractivity contribution is 0.102. The molecule has 1 aromatic heterocycles. The van der Waals surface area contributed by atoms with Gasteiger partial charge in [0.25, 0.3) is 11.5 Å². The van der Waals surface area contributed by atoms with Crippen LogP contribution in [0.3, 0.4) is 0 Å². The predicted molar refractivity (Wildman–Crippen MR) is 115 cm³/mol. The molecule has 5 heteroatoms. The number of pyridine rings is 1. The first-order chi connectivity index (χ1) is 14.1. The van der Waals surface area contributed by atoms with Gasteiger partial charge in [0.05, 0.1) is 6.04 Å². The van der Waals surface area contributed by atoms with Gasteiger partial charge in [-0.1, -0.05) is 29.8 Å². The Hall–Kier alpha value is -2.85. The van der Waals surface area contributed by atoms with E-state index in [1.165, 1.54) is 29.5 Å². The number of anilines is 1. The first kappa shape index (κ1) is 18.2. The highest BCUT2D eigenvalue weighted by atomic mass is 35.5. The summed E-state index contributed by atoms with van der Waals surface area (Å²) in [5.74, 6) is 0.286. The van der Waals surface area contributed by atoms with Crippen LogP contribution in [0.15, 0.2) is 65.6 Å². The lowest BCUT2D eigenvalue weighted by Gasteiger charge is -2.17. The van der Waals surface area contributed by atoms with E-state index in [0.29, 0.717) is 16.6 Å². The third-order valence-corrected chi connectivity index (χ3v) is 6.20. The summed E-state index contributed by atoms with van der Waals surface area (Å²) in [6.07, 6.45) is 6.20. The van der Waals surface area contributed by atoms with Crippen LogP contribution in [0, 0.1) is 0 Å². The fourth-order valence-electron chi connectivity index (χ4n) is 4.39. The second kappa shape index (κ2) is 7.20. The molecule has 0 saturated heterocycles. The molecule has 1 N–H and O–H groups in total. The minimum absolute atomic E-state index is 0.0144. The molecule has 3 aromatic rings. The number of hydrogen-bond acceptors (Lipinski definition) is 2. The maximum Gasteiger partial charge on any atom is 0.263 e. The van der Waals surface area contributed by atoms with Gasteiger partial charge in [0.15, 0.2) is 0 Å². The van der Waals surface area contributed by atoms with Gasteiger partial charge in [-0.25, -0.2) is 0 Å². The zero-order valence-electron chi connectivity index (χ0n) is 15.9. The Kier molecular flexibility index (Phi) is 4.51. The molecule has 146 valence electrons. The zero-order chi connectivity index (χ0) is 20.0. The molecule has 5 rings (SSSR count). The van der Waals surface area contributed by atoms with Crippen LogP contribution in [0.1, 0.15) is 58.3 Å². The van der Waals surface area contributed by atoms with Gasteiger partial charge in [-0.05, 0) is 84.7 Å². The monoisotopic (exact) mass is 404 g/mol. The van der Waals surface area contributed by atoms with Crippen molar-refractivity contribution in [3.05, 3.63) is 98.4 Å². The maximum atomic E-state index is 13.2. The van der Waals surface area contributed by atoms with E-state index >= 15 is 0 Å². The molecule has 2 aliphatic carbocycles. The standard InChI is InChI=1S/C24H21ClN2O2/c25-16-8-10-17(11-9-16)26-23(28)21-5-2-14-27(24(21)29)22-13-12-19-18(15-6-7-15)3-1-4-20(19)22/h1-5,8-11,14-15,22H,6-7,12-13H2,(H,26,28). The van der Waals surface area contributed by atoms with Gasteiger partial charge in [0.2, 0.25) is 0 Å². The minimum Gasteiger partial charge on any atom is -0.322 e. The van der Waals surface area contributed by atoms with Crippen molar-refractivity contribution in [2.24, 2.45) is 0 Å². The van der Waals surface area contributed by atoms with Crippen LogP contribution in [0.25, 0.3) is 0 Å². The lowest BCUT2D eigenvalue weighted by Crippen LogP contribution is -2.31. The van der Waals surface area contributed by atoms with Crippen LogP contribution in [-0.2, 0) is 6.42 Å². The molecule has 0 aliphatic heterocycles. The van der Waals surface area contributed by atoms with Crippen LogP contribution in [-0.4, -0.2) is 10.5 Å². The van der Waals surface area contributed by atoms with Crippen molar-refractivity contribution >= 4 is 23.2 Å². The number of hydrogen-bond donors (Lipinski definition) is 1. The van der Waals surface area contributed by atoms with Crippen molar-refractivity contribution in [2.45, 2.75) is 37.6 Å². The number of carbonyl (C=O) groups is 1. The molecule has 1 saturated carbocycles. The summed E-state index contributed by atoms with van der Waals surface area (Å²) in [4.78, 5) is 25.9. The highest BCUT2D eigenvalue weighted by Gasteiger charge is 2.32. The normalized spacial score (nSPS) is 17.8. The number of carbonyl (C=O) groups excluding carboxylic acids is 1. The summed E-state index contributed by atoms with van der Waals surface area (Å²) < 4.78 is 1.72. The van der Waals surface area contributed by atoms with E-state index in [2.05, 4.69) is 23.5 Å². The van der Waals surface area contributed by atoms with E-state index in [0.717, 1.165) is 12.8 Å². The smallest absolute Gasteiger partial charge is 0.263 e. The Morgan fingerprint density at radius 1 is 0.966 bits per heavy atom. The molecule has 1 unspecified atom stereocenters. The number of halogens is 1. The molecule has 2 aromatic carbocycles. The predicted octanol–water partition coefficient (Wildman–Crippen LogP) is 5.17. The van der Waals surface area contributed by atoms with Crippen LogP contribution in [0.5, 0.6) is 0 Å². The molecule has 0 bridgehead atoms. The summed E-state index contributed by atoms with van der Waals surface area (Å²) in [6, 6.07) is 16.7. The molecule has 1 fully saturated rings.